The van der Waals surface area contributed by atoms with Gasteiger partial charge in [0.25, 0.3) is 0 Å². The molecule has 1 aliphatic carbocycles. The Balaban J connectivity index is 1.80. The van der Waals surface area contributed by atoms with E-state index in [1.54, 1.807) is 42.5 Å². The van der Waals surface area contributed by atoms with Crippen molar-refractivity contribution in [2.45, 2.75) is 0 Å². The van der Waals surface area contributed by atoms with Crippen molar-refractivity contribution in [1.82, 2.24) is 0 Å². The van der Waals surface area contributed by atoms with Crippen LogP contribution < -0.4 is 0 Å². The number of hydrogen-bond donors (Lipinski definition) is 2. The molecule has 0 heterocycles. The zero-order chi connectivity index (χ0) is 18.3. The van der Waals surface area contributed by atoms with Gasteiger partial charge in [-0.2, -0.15) is 0 Å². The zero-order valence-electron chi connectivity index (χ0n) is 13.5. The lowest BCUT2D eigenvalue weighted by Crippen LogP contribution is -2.20. The summed E-state index contributed by atoms with van der Waals surface area (Å²) in [7, 11) is 0. The number of carbonyl (C=O) groups excluding carboxylic acids is 2. The fourth-order valence-electron chi connectivity index (χ4n) is 2.96. The van der Waals surface area contributed by atoms with Gasteiger partial charge < -0.3 is 10.2 Å². The highest BCUT2D eigenvalue weighted by Gasteiger charge is 2.30. The molecule has 0 spiro atoms. The van der Waals surface area contributed by atoms with Crippen LogP contribution in [-0.2, 0) is 0 Å². The van der Waals surface area contributed by atoms with E-state index in [1.807, 2.05) is 0 Å². The summed E-state index contributed by atoms with van der Waals surface area (Å²) >= 11 is 0. The number of hydrogen-bond acceptors (Lipinski definition) is 5. The average Bonchev–Trinajstić information content (AvgIpc) is 2.66. The first-order chi connectivity index (χ1) is 12.6. The number of fused-ring (bicyclic) bond motifs is 2. The maximum absolute atomic E-state index is 12.7. The van der Waals surface area contributed by atoms with Crippen LogP contribution in [0.25, 0.3) is 0 Å². The number of phenols is 2. The first-order valence-corrected chi connectivity index (χ1v) is 7.94. The van der Waals surface area contributed by atoms with E-state index in [0.717, 1.165) is 0 Å². The normalized spacial score (nSPS) is 12.9. The van der Waals surface area contributed by atoms with Crippen LogP contribution >= 0.6 is 0 Å². The molecule has 3 aromatic rings. The first kappa shape index (κ1) is 15.8. The van der Waals surface area contributed by atoms with Gasteiger partial charge in [-0.25, -0.2) is 0 Å². The van der Waals surface area contributed by atoms with Crippen LogP contribution in [0.2, 0.25) is 0 Å². The molecule has 0 radical (unpaired) electrons. The van der Waals surface area contributed by atoms with E-state index >= 15 is 0 Å². The zero-order valence-corrected chi connectivity index (χ0v) is 13.5. The predicted octanol–water partition coefficient (Wildman–Crippen LogP) is 3.62. The van der Waals surface area contributed by atoms with Crippen LogP contribution in [0.5, 0.6) is 11.5 Å². The number of phenolic OH excluding ortho intramolecular Hbond substituents is 2. The molecule has 0 amide bonds. The number of nitrogens with zero attached hydrogens (tertiary/aromatic N) is 1. The number of aromatic hydroxyl groups is 2. The van der Waals surface area contributed by atoms with E-state index in [1.165, 1.54) is 24.4 Å². The Morgan fingerprint density at radius 2 is 1.27 bits per heavy atom. The Morgan fingerprint density at radius 1 is 0.692 bits per heavy atom. The van der Waals surface area contributed by atoms with E-state index in [9.17, 15) is 19.8 Å². The molecule has 5 heteroatoms. The third-order valence-corrected chi connectivity index (χ3v) is 4.30. The Morgan fingerprint density at radius 3 is 1.92 bits per heavy atom. The van der Waals surface area contributed by atoms with Crippen LogP contribution in [0, 0.1) is 0 Å². The summed E-state index contributed by atoms with van der Waals surface area (Å²) in [6.07, 6.45) is 1.39. The molecule has 1 aliphatic rings. The molecule has 0 bridgehead atoms. The van der Waals surface area contributed by atoms with Gasteiger partial charge in [-0.1, -0.05) is 36.4 Å². The second kappa shape index (κ2) is 5.97. The van der Waals surface area contributed by atoms with Crippen molar-refractivity contribution in [2.24, 2.45) is 4.99 Å². The summed E-state index contributed by atoms with van der Waals surface area (Å²) in [6.45, 7) is 0. The Bertz CT molecular complexity index is 1100. The minimum atomic E-state index is -0.304. The highest BCUT2D eigenvalue weighted by atomic mass is 16.3. The van der Waals surface area contributed by atoms with E-state index in [4.69, 9.17) is 0 Å². The van der Waals surface area contributed by atoms with Gasteiger partial charge in [0.2, 0.25) is 0 Å². The van der Waals surface area contributed by atoms with Gasteiger partial charge in [0.15, 0.2) is 11.6 Å². The lowest BCUT2D eigenvalue weighted by molar-refractivity contribution is 0.0979. The fraction of sp³-hybridized carbons (Fsp3) is 0. The molecular formula is C21H13NO4. The number of aliphatic imine (C=N–C) groups is 1. The summed E-state index contributed by atoms with van der Waals surface area (Å²) in [5.74, 6) is -0.749. The second-order valence-electron chi connectivity index (χ2n) is 5.91. The molecule has 2 N–H and O–H groups in total. The van der Waals surface area contributed by atoms with E-state index in [-0.39, 0.29) is 39.9 Å². The highest BCUT2D eigenvalue weighted by molar-refractivity contribution is 6.28. The van der Waals surface area contributed by atoms with Crippen LogP contribution in [0.1, 0.15) is 37.4 Å². The molecule has 4 rings (SSSR count). The van der Waals surface area contributed by atoms with Gasteiger partial charge in [0.05, 0.1) is 0 Å². The van der Waals surface area contributed by atoms with Crippen molar-refractivity contribution < 1.29 is 19.8 Å². The van der Waals surface area contributed by atoms with Crippen LogP contribution in [0.4, 0.5) is 5.69 Å². The summed E-state index contributed by atoms with van der Waals surface area (Å²) in [5.41, 5.74) is 1.65. The minimum Gasteiger partial charge on any atom is -0.507 e. The maximum atomic E-state index is 12.7. The van der Waals surface area contributed by atoms with E-state index in [2.05, 4.69) is 4.99 Å². The third kappa shape index (κ3) is 2.46. The Kier molecular flexibility index (Phi) is 3.62. The number of rotatable bonds is 2. The molecule has 26 heavy (non-hydrogen) atoms. The molecule has 0 aromatic heterocycles. The number of para-hydroxylation sites is 1. The third-order valence-electron chi connectivity index (χ3n) is 4.30. The van der Waals surface area contributed by atoms with Gasteiger partial charge >= 0.3 is 0 Å². The van der Waals surface area contributed by atoms with Gasteiger partial charge in [-0.15, -0.1) is 0 Å². The van der Waals surface area contributed by atoms with E-state index in [0.29, 0.717) is 16.7 Å². The lowest BCUT2D eigenvalue weighted by atomic mass is 9.84. The lowest BCUT2D eigenvalue weighted by Gasteiger charge is -2.18. The molecule has 0 aliphatic heterocycles. The number of carbonyl (C=O) groups is 2. The molecule has 0 saturated carbocycles. The van der Waals surface area contributed by atoms with Crippen molar-refractivity contribution in [3.05, 3.63) is 88.5 Å². The molecule has 5 nitrogen and oxygen atoms in total. The second-order valence-corrected chi connectivity index (χ2v) is 5.91. The summed E-state index contributed by atoms with van der Waals surface area (Å²) in [5, 5.41) is 20.0. The van der Waals surface area contributed by atoms with Crippen LogP contribution in [0.3, 0.4) is 0 Å². The molecule has 3 aromatic carbocycles. The topological polar surface area (TPSA) is 87.0 Å². The molecule has 0 saturated heterocycles. The summed E-state index contributed by atoms with van der Waals surface area (Å²) in [4.78, 5) is 29.5. The van der Waals surface area contributed by atoms with Crippen molar-refractivity contribution in [3.8, 4) is 11.5 Å². The fourth-order valence-corrected chi connectivity index (χ4v) is 2.96. The molecular weight excluding hydrogens is 330 g/mol. The molecule has 0 fully saturated rings. The average molecular weight is 343 g/mol. The first-order valence-electron chi connectivity index (χ1n) is 7.94. The summed E-state index contributed by atoms with van der Waals surface area (Å²) in [6, 6.07) is 15.9. The highest BCUT2D eigenvalue weighted by Crippen LogP contribution is 2.35. The van der Waals surface area contributed by atoms with Crippen molar-refractivity contribution in [1.29, 1.82) is 0 Å². The molecule has 0 unspecified atom stereocenters. The molecule has 126 valence electrons. The van der Waals surface area contributed by atoms with Gasteiger partial charge in [0.1, 0.15) is 17.2 Å². The smallest absolute Gasteiger partial charge is 0.194 e. The van der Waals surface area contributed by atoms with Crippen molar-refractivity contribution in [2.75, 3.05) is 0 Å². The predicted molar refractivity (Wildman–Crippen MR) is 96.8 cm³/mol. The monoisotopic (exact) mass is 343 g/mol. The number of benzene rings is 3. The SMILES string of the molecule is O=C1c2ccccc2C(=O)c2cc(N=Cc3ccccc3O)c(O)cc21. The van der Waals surface area contributed by atoms with Crippen LogP contribution in [-0.4, -0.2) is 28.0 Å². The van der Waals surface area contributed by atoms with E-state index < -0.39 is 0 Å². The van der Waals surface area contributed by atoms with Gasteiger partial charge in [-0.3, -0.25) is 14.6 Å². The Labute approximate surface area is 148 Å². The summed E-state index contributed by atoms with van der Waals surface area (Å²) < 4.78 is 0. The van der Waals surface area contributed by atoms with Crippen LogP contribution in [0.15, 0.2) is 65.7 Å². The largest absolute Gasteiger partial charge is 0.507 e. The quantitative estimate of drug-likeness (QED) is 0.544. The van der Waals surface area contributed by atoms with Crippen molar-refractivity contribution >= 4 is 23.5 Å². The maximum Gasteiger partial charge on any atom is 0.194 e. The Hall–Kier alpha value is -3.73. The number of ketones is 2. The standard InChI is InChI=1S/C21H13NO4/c23-18-8-4-1-5-12(18)11-22-17-9-15-16(10-19(17)24)21(26)14-7-3-2-6-13(14)20(15)25/h1-11,23-24H. The minimum absolute atomic E-state index is 0.0499. The molecule has 0 atom stereocenters. The van der Waals surface area contributed by atoms with Gasteiger partial charge in [-0.05, 0) is 24.3 Å². The van der Waals surface area contributed by atoms with Gasteiger partial charge in [0, 0.05) is 34.0 Å². The van der Waals surface area contributed by atoms with Crippen molar-refractivity contribution in [3.63, 3.8) is 0 Å².